The molecule has 0 fully saturated rings. The molecule has 96 valence electrons. The Labute approximate surface area is 111 Å². The van der Waals surface area contributed by atoms with Gasteiger partial charge in [0.25, 0.3) is 5.91 Å². The van der Waals surface area contributed by atoms with Crippen molar-refractivity contribution in [3.05, 3.63) is 17.5 Å². The minimum absolute atomic E-state index is 0.0593. The molecule has 1 rings (SSSR count). The van der Waals surface area contributed by atoms with Gasteiger partial charge >= 0.3 is 0 Å². The fourth-order valence-electron chi connectivity index (χ4n) is 1.78. The summed E-state index contributed by atoms with van der Waals surface area (Å²) in [7, 11) is 1.81. The molecule has 1 aromatic rings. The first kappa shape index (κ1) is 14.2. The van der Waals surface area contributed by atoms with Crippen molar-refractivity contribution in [3.63, 3.8) is 0 Å². The third-order valence-electron chi connectivity index (χ3n) is 2.64. The molecule has 0 N–H and O–H groups in total. The Bertz CT molecular complexity index is 387. The molecule has 1 heterocycles. The van der Waals surface area contributed by atoms with Crippen molar-refractivity contribution < 1.29 is 4.79 Å². The van der Waals surface area contributed by atoms with Crippen molar-refractivity contribution in [1.29, 1.82) is 0 Å². The summed E-state index contributed by atoms with van der Waals surface area (Å²) in [4.78, 5) is 14.3. The lowest BCUT2D eigenvalue weighted by molar-refractivity contribution is 0.0695. The van der Waals surface area contributed by atoms with Gasteiger partial charge in [0.05, 0.1) is 5.69 Å². The molecule has 0 atom stereocenters. The average molecular weight is 302 g/mol. The van der Waals surface area contributed by atoms with Gasteiger partial charge in [0.1, 0.15) is 5.69 Å². The van der Waals surface area contributed by atoms with Crippen molar-refractivity contribution in [1.82, 2.24) is 14.7 Å². The summed E-state index contributed by atoms with van der Waals surface area (Å²) in [5.74, 6) is 0.0593. The molecule has 0 aliphatic rings. The summed E-state index contributed by atoms with van der Waals surface area (Å²) >= 11 is 3.40. The van der Waals surface area contributed by atoms with Crippen LogP contribution < -0.4 is 0 Å². The van der Waals surface area contributed by atoms with E-state index in [0.717, 1.165) is 24.0 Å². The predicted molar refractivity (Wildman–Crippen MR) is 72.5 cm³/mol. The quantitative estimate of drug-likeness (QED) is 0.783. The number of halogens is 1. The van der Waals surface area contributed by atoms with E-state index < -0.39 is 0 Å². The maximum atomic E-state index is 12.4. The van der Waals surface area contributed by atoms with E-state index in [0.29, 0.717) is 5.69 Å². The number of hydrogen-bond donors (Lipinski definition) is 0. The lowest BCUT2D eigenvalue weighted by Gasteiger charge is -2.26. The smallest absolute Gasteiger partial charge is 0.272 e. The van der Waals surface area contributed by atoms with Crippen LogP contribution in [-0.4, -0.2) is 38.5 Å². The van der Waals surface area contributed by atoms with Crippen molar-refractivity contribution in [2.45, 2.75) is 33.2 Å². The zero-order valence-corrected chi connectivity index (χ0v) is 12.5. The molecular weight excluding hydrogens is 282 g/mol. The Kier molecular flexibility index (Phi) is 5.18. The molecule has 0 aliphatic heterocycles. The lowest BCUT2D eigenvalue weighted by atomic mass is 10.2. The van der Waals surface area contributed by atoms with Gasteiger partial charge in [-0.2, -0.15) is 5.10 Å². The summed E-state index contributed by atoms with van der Waals surface area (Å²) < 4.78 is 1.65. The maximum absolute atomic E-state index is 12.4. The van der Waals surface area contributed by atoms with Crippen molar-refractivity contribution in [2.24, 2.45) is 7.05 Å². The monoisotopic (exact) mass is 301 g/mol. The van der Waals surface area contributed by atoms with E-state index in [-0.39, 0.29) is 11.9 Å². The van der Waals surface area contributed by atoms with Gasteiger partial charge in [0, 0.05) is 25.0 Å². The van der Waals surface area contributed by atoms with E-state index in [1.165, 1.54) is 0 Å². The van der Waals surface area contributed by atoms with E-state index in [1.807, 2.05) is 38.8 Å². The average Bonchev–Trinajstić information content (AvgIpc) is 2.57. The molecule has 1 aromatic heterocycles. The molecule has 0 aromatic carbocycles. The van der Waals surface area contributed by atoms with Crippen molar-refractivity contribution >= 4 is 21.8 Å². The summed E-state index contributed by atoms with van der Waals surface area (Å²) in [5.41, 5.74) is 1.53. The van der Waals surface area contributed by atoms with Crippen LogP contribution in [0.1, 0.15) is 36.5 Å². The van der Waals surface area contributed by atoms with Gasteiger partial charge in [-0.1, -0.05) is 15.9 Å². The molecule has 0 bridgehead atoms. The minimum Gasteiger partial charge on any atom is -0.335 e. The molecule has 5 heteroatoms. The highest BCUT2D eigenvalue weighted by Gasteiger charge is 2.21. The molecule has 17 heavy (non-hydrogen) atoms. The minimum atomic E-state index is 0.0593. The third-order valence-corrected chi connectivity index (χ3v) is 3.20. The number of aryl methyl sites for hydroxylation is 2. The van der Waals surface area contributed by atoms with Crippen molar-refractivity contribution in [2.75, 3.05) is 11.9 Å². The van der Waals surface area contributed by atoms with Gasteiger partial charge < -0.3 is 4.90 Å². The van der Waals surface area contributed by atoms with E-state index in [9.17, 15) is 4.79 Å². The molecule has 1 amide bonds. The fourth-order valence-corrected chi connectivity index (χ4v) is 2.03. The van der Waals surface area contributed by atoms with Gasteiger partial charge in [-0.25, -0.2) is 0 Å². The van der Waals surface area contributed by atoms with Crippen LogP contribution in [0, 0.1) is 6.92 Å². The summed E-state index contributed by atoms with van der Waals surface area (Å²) in [6.45, 7) is 6.74. The largest absolute Gasteiger partial charge is 0.335 e. The van der Waals surface area contributed by atoms with Gasteiger partial charge in [0.15, 0.2) is 0 Å². The Hall–Kier alpha value is -0.840. The van der Waals surface area contributed by atoms with E-state index >= 15 is 0 Å². The number of rotatable bonds is 5. The summed E-state index contributed by atoms with van der Waals surface area (Å²) in [6.07, 6.45) is 0.959. The van der Waals surface area contributed by atoms with Crippen LogP contribution in [-0.2, 0) is 7.05 Å². The standard InChI is InChI=1S/C12H20BrN3O/c1-9(2)16(7-5-6-13)12(17)11-8-10(3)14-15(11)4/h8-9H,5-7H2,1-4H3. The summed E-state index contributed by atoms with van der Waals surface area (Å²) in [6, 6.07) is 2.04. The number of hydrogen-bond acceptors (Lipinski definition) is 2. The first-order valence-corrected chi connectivity index (χ1v) is 6.97. The normalized spacial score (nSPS) is 10.9. The molecule has 0 aliphatic carbocycles. The highest BCUT2D eigenvalue weighted by Crippen LogP contribution is 2.10. The second kappa shape index (κ2) is 6.19. The number of carbonyl (C=O) groups excluding carboxylic acids is 1. The first-order chi connectivity index (χ1) is 7.97. The van der Waals surface area contributed by atoms with Crippen LogP contribution in [0.15, 0.2) is 6.07 Å². The van der Waals surface area contributed by atoms with Crippen LogP contribution in [0.4, 0.5) is 0 Å². The van der Waals surface area contributed by atoms with Gasteiger partial charge in [-0.15, -0.1) is 0 Å². The zero-order valence-electron chi connectivity index (χ0n) is 10.9. The molecule has 0 unspecified atom stereocenters. The number of amides is 1. The van der Waals surface area contributed by atoms with Crippen LogP contribution in [0.3, 0.4) is 0 Å². The van der Waals surface area contributed by atoms with Gasteiger partial charge in [-0.05, 0) is 33.3 Å². The Morgan fingerprint density at radius 2 is 2.24 bits per heavy atom. The second-order valence-corrected chi connectivity index (χ2v) is 5.22. The van der Waals surface area contributed by atoms with Crippen LogP contribution >= 0.6 is 15.9 Å². The highest BCUT2D eigenvalue weighted by molar-refractivity contribution is 9.09. The zero-order chi connectivity index (χ0) is 13.0. The van der Waals surface area contributed by atoms with E-state index in [1.54, 1.807) is 4.68 Å². The Morgan fingerprint density at radius 3 is 2.65 bits per heavy atom. The van der Waals surface area contributed by atoms with Crippen molar-refractivity contribution in [3.8, 4) is 0 Å². The molecule has 0 radical (unpaired) electrons. The molecule has 0 saturated carbocycles. The number of nitrogens with zero attached hydrogens (tertiary/aromatic N) is 3. The number of aromatic nitrogens is 2. The number of alkyl halides is 1. The maximum Gasteiger partial charge on any atom is 0.272 e. The predicted octanol–water partition coefficient (Wildman–Crippen LogP) is 2.36. The van der Waals surface area contributed by atoms with E-state index in [4.69, 9.17) is 0 Å². The lowest BCUT2D eigenvalue weighted by Crippen LogP contribution is -2.38. The van der Waals surface area contributed by atoms with Crippen LogP contribution in [0.25, 0.3) is 0 Å². The van der Waals surface area contributed by atoms with Crippen LogP contribution in [0.2, 0.25) is 0 Å². The first-order valence-electron chi connectivity index (χ1n) is 5.85. The Morgan fingerprint density at radius 1 is 1.59 bits per heavy atom. The molecule has 0 saturated heterocycles. The topological polar surface area (TPSA) is 38.1 Å². The highest BCUT2D eigenvalue weighted by atomic mass is 79.9. The van der Waals surface area contributed by atoms with E-state index in [2.05, 4.69) is 21.0 Å². The SMILES string of the molecule is Cc1cc(C(=O)N(CCCBr)C(C)C)n(C)n1. The summed E-state index contributed by atoms with van der Waals surface area (Å²) in [5, 5.41) is 5.12. The molecule has 4 nitrogen and oxygen atoms in total. The van der Waals surface area contributed by atoms with Gasteiger partial charge in [0.2, 0.25) is 0 Å². The molecule has 0 spiro atoms. The third kappa shape index (κ3) is 3.56. The Balaban J connectivity index is 2.87. The fraction of sp³-hybridized carbons (Fsp3) is 0.667. The van der Waals surface area contributed by atoms with Gasteiger partial charge in [-0.3, -0.25) is 9.48 Å². The van der Waals surface area contributed by atoms with Crippen LogP contribution in [0.5, 0.6) is 0 Å². The molecular formula is C12H20BrN3O. The second-order valence-electron chi connectivity index (χ2n) is 4.43. The number of carbonyl (C=O) groups is 1.